The molecule has 1 aliphatic heterocycles. The van der Waals surface area contributed by atoms with Gasteiger partial charge in [-0.25, -0.2) is 0 Å². The van der Waals surface area contributed by atoms with Crippen molar-refractivity contribution in [3.63, 3.8) is 0 Å². The van der Waals surface area contributed by atoms with Crippen LogP contribution in [0.2, 0.25) is 0 Å². The van der Waals surface area contributed by atoms with E-state index in [1.807, 2.05) is 0 Å². The molecule has 0 radical (unpaired) electrons. The van der Waals surface area contributed by atoms with Gasteiger partial charge in [0.05, 0.1) is 5.60 Å². The van der Waals surface area contributed by atoms with E-state index >= 15 is 0 Å². The van der Waals surface area contributed by atoms with Gasteiger partial charge in [-0.1, -0.05) is 0 Å². The summed E-state index contributed by atoms with van der Waals surface area (Å²) in [5.74, 6) is 0.760. The highest BCUT2D eigenvalue weighted by molar-refractivity contribution is 7.80. The van der Waals surface area contributed by atoms with Crippen LogP contribution in [0.15, 0.2) is 0 Å². The van der Waals surface area contributed by atoms with Crippen molar-refractivity contribution in [1.82, 2.24) is 0 Å². The van der Waals surface area contributed by atoms with Crippen molar-refractivity contribution in [3.05, 3.63) is 0 Å². The molecule has 0 aliphatic carbocycles. The predicted octanol–water partition coefficient (Wildman–Crippen LogP) is 0.848. The first-order chi connectivity index (χ1) is 4.77. The summed E-state index contributed by atoms with van der Waals surface area (Å²) in [6.45, 7) is 1.40. The molecule has 2 nitrogen and oxygen atoms in total. The molecule has 0 amide bonds. The summed E-state index contributed by atoms with van der Waals surface area (Å²) in [5, 5.41) is 9.74. The monoisotopic (exact) mass is 162 g/mol. The van der Waals surface area contributed by atoms with Gasteiger partial charge in [-0.15, -0.1) is 0 Å². The summed E-state index contributed by atoms with van der Waals surface area (Å²) in [5.41, 5.74) is -0.472. The number of hydrogen-bond donors (Lipinski definition) is 2. The van der Waals surface area contributed by atoms with Crippen molar-refractivity contribution in [3.8, 4) is 0 Å². The molecule has 0 atom stereocenters. The topological polar surface area (TPSA) is 29.5 Å². The molecule has 0 spiro atoms. The van der Waals surface area contributed by atoms with E-state index in [0.29, 0.717) is 13.2 Å². The van der Waals surface area contributed by atoms with Gasteiger partial charge in [0.2, 0.25) is 0 Å². The van der Waals surface area contributed by atoms with E-state index in [4.69, 9.17) is 4.74 Å². The highest BCUT2D eigenvalue weighted by Crippen LogP contribution is 2.23. The molecular formula is C7H14O2S. The van der Waals surface area contributed by atoms with Gasteiger partial charge >= 0.3 is 0 Å². The van der Waals surface area contributed by atoms with Gasteiger partial charge in [0.25, 0.3) is 0 Å². The Hall–Kier alpha value is 0.270. The molecular weight excluding hydrogens is 148 g/mol. The van der Waals surface area contributed by atoms with Crippen molar-refractivity contribution in [2.45, 2.75) is 24.9 Å². The zero-order valence-electron chi connectivity index (χ0n) is 6.05. The fraction of sp³-hybridized carbons (Fsp3) is 1.00. The Bertz CT molecular complexity index is 94.3. The quantitative estimate of drug-likeness (QED) is 0.589. The first-order valence-electron chi connectivity index (χ1n) is 3.68. The van der Waals surface area contributed by atoms with Crippen LogP contribution in [0.1, 0.15) is 19.3 Å². The molecule has 0 aromatic carbocycles. The summed E-state index contributed by atoms with van der Waals surface area (Å²) in [6, 6.07) is 0. The fourth-order valence-electron chi connectivity index (χ4n) is 1.21. The number of rotatable bonds is 2. The van der Waals surface area contributed by atoms with Gasteiger partial charge in [0.1, 0.15) is 0 Å². The molecule has 0 aromatic heterocycles. The minimum absolute atomic E-state index is 0.472. The van der Waals surface area contributed by atoms with Crippen molar-refractivity contribution in [2.24, 2.45) is 0 Å². The number of aliphatic hydroxyl groups is 1. The second-order valence-corrected chi connectivity index (χ2v) is 3.26. The summed E-state index contributed by atoms with van der Waals surface area (Å²) in [6.07, 6.45) is 2.33. The van der Waals surface area contributed by atoms with Crippen molar-refractivity contribution >= 4 is 12.6 Å². The first-order valence-corrected chi connectivity index (χ1v) is 4.31. The van der Waals surface area contributed by atoms with Crippen LogP contribution in [0, 0.1) is 0 Å². The summed E-state index contributed by atoms with van der Waals surface area (Å²) < 4.78 is 5.13. The molecule has 1 fully saturated rings. The van der Waals surface area contributed by atoms with Gasteiger partial charge in [-0.2, -0.15) is 12.6 Å². The van der Waals surface area contributed by atoms with E-state index in [9.17, 15) is 5.11 Å². The van der Waals surface area contributed by atoms with Crippen LogP contribution >= 0.6 is 12.6 Å². The van der Waals surface area contributed by atoms with Crippen molar-refractivity contribution in [1.29, 1.82) is 0 Å². The van der Waals surface area contributed by atoms with Crippen LogP contribution < -0.4 is 0 Å². The number of hydrogen-bond acceptors (Lipinski definition) is 3. The third-order valence-corrected chi connectivity index (χ3v) is 2.22. The third kappa shape index (κ3) is 2.15. The zero-order valence-corrected chi connectivity index (χ0v) is 6.94. The molecule has 3 heteroatoms. The van der Waals surface area contributed by atoms with E-state index in [2.05, 4.69) is 12.6 Å². The highest BCUT2D eigenvalue weighted by Gasteiger charge is 2.28. The average Bonchev–Trinajstić information content (AvgIpc) is 1.89. The van der Waals surface area contributed by atoms with Crippen molar-refractivity contribution in [2.75, 3.05) is 19.0 Å². The maximum atomic E-state index is 9.74. The Morgan fingerprint density at radius 3 is 2.50 bits per heavy atom. The Kier molecular flexibility index (Phi) is 3.01. The van der Waals surface area contributed by atoms with Gasteiger partial charge in [0.15, 0.2) is 0 Å². The molecule has 60 valence electrons. The van der Waals surface area contributed by atoms with Gasteiger partial charge in [0, 0.05) is 13.2 Å². The minimum Gasteiger partial charge on any atom is -0.390 e. The van der Waals surface area contributed by atoms with Gasteiger partial charge in [-0.3, -0.25) is 0 Å². The lowest BCUT2D eigenvalue weighted by atomic mass is 9.92. The molecule has 1 aliphatic rings. The number of ether oxygens (including phenoxy) is 1. The second-order valence-electron chi connectivity index (χ2n) is 2.81. The minimum atomic E-state index is -0.472. The second kappa shape index (κ2) is 3.60. The lowest BCUT2D eigenvalue weighted by molar-refractivity contribution is -0.0643. The normalized spacial score (nSPS) is 24.6. The van der Waals surface area contributed by atoms with Crippen molar-refractivity contribution < 1.29 is 9.84 Å². The largest absolute Gasteiger partial charge is 0.390 e. The van der Waals surface area contributed by atoms with Crippen LogP contribution in [0.4, 0.5) is 0 Å². The van der Waals surface area contributed by atoms with E-state index in [1.54, 1.807) is 0 Å². The zero-order chi connectivity index (χ0) is 7.45. The molecule has 1 rings (SSSR count). The molecule has 0 unspecified atom stereocenters. The molecule has 0 saturated carbocycles. The number of thiol groups is 1. The van der Waals surface area contributed by atoms with E-state index < -0.39 is 5.60 Å². The Labute approximate surface area is 67.0 Å². The standard InChI is InChI=1S/C7H14O2S/c8-7(3-6-10)1-4-9-5-2-7/h8,10H,1-6H2. The average molecular weight is 162 g/mol. The predicted molar refractivity (Wildman–Crippen MR) is 43.5 cm³/mol. The van der Waals surface area contributed by atoms with Gasteiger partial charge < -0.3 is 9.84 Å². The smallest absolute Gasteiger partial charge is 0.0699 e. The Balaban J connectivity index is 2.32. The van der Waals surface area contributed by atoms with Gasteiger partial charge in [-0.05, 0) is 25.0 Å². The summed E-state index contributed by atoms with van der Waals surface area (Å²) >= 11 is 4.08. The van der Waals surface area contributed by atoms with E-state index in [-0.39, 0.29) is 0 Å². The van der Waals surface area contributed by atoms with Crippen LogP contribution in [0.25, 0.3) is 0 Å². The maximum Gasteiger partial charge on any atom is 0.0699 e. The van der Waals surface area contributed by atoms with Crippen LogP contribution in [0.5, 0.6) is 0 Å². The molecule has 0 bridgehead atoms. The van der Waals surface area contributed by atoms with Crippen LogP contribution in [0.3, 0.4) is 0 Å². The summed E-state index contributed by atoms with van der Waals surface area (Å²) in [4.78, 5) is 0. The lowest BCUT2D eigenvalue weighted by Gasteiger charge is -2.31. The molecule has 0 aromatic rings. The lowest BCUT2D eigenvalue weighted by Crippen LogP contribution is -2.36. The SMILES string of the molecule is OC1(CCS)CCOCC1. The fourth-order valence-corrected chi connectivity index (χ4v) is 1.63. The van der Waals surface area contributed by atoms with Crippen LogP contribution in [-0.2, 0) is 4.74 Å². The maximum absolute atomic E-state index is 9.74. The highest BCUT2D eigenvalue weighted by atomic mass is 32.1. The Morgan fingerprint density at radius 2 is 2.00 bits per heavy atom. The Morgan fingerprint density at radius 1 is 1.40 bits per heavy atom. The molecule has 1 N–H and O–H groups in total. The molecule has 1 saturated heterocycles. The molecule has 10 heavy (non-hydrogen) atoms. The van der Waals surface area contributed by atoms with E-state index in [1.165, 1.54) is 0 Å². The summed E-state index contributed by atoms with van der Waals surface area (Å²) in [7, 11) is 0. The first kappa shape index (κ1) is 8.37. The van der Waals surface area contributed by atoms with E-state index in [0.717, 1.165) is 25.0 Å². The van der Waals surface area contributed by atoms with Crippen LogP contribution in [-0.4, -0.2) is 29.7 Å². The third-order valence-electron chi connectivity index (χ3n) is 2.00. The molecule has 1 heterocycles.